The lowest BCUT2D eigenvalue weighted by Crippen LogP contribution is -2.07. The summed E-state index contributed by atoms with van der Waals surface area (Å²) < 4.78 is 4.87. The third-order valence-electron chi connectivity index (χ3n) is 2.62. The van der Waals surface area contributed by atoms with E-state index in [1.165, 1.54) is 17.6 Å². The standard InChI is InChI=1S/C14H12Cl3N3O2S/c1-2-22-12(21)5-8-7-23-14(19-8)20-18-6-9-10(15)3-4-11(16)13(9)17/h3-4,6-7H,2,5H2,1H3,(H,19,20). The maximum absolute atomic E-state index is 11.4. The number of benzene rings is 1. The van der Waals surface area contributed by atoms with Gasteiger partial charge in [-0.25, -0.2) is 4.98 Å². The van der Waals surface area contributed by atoms with Crippen LogP contribution in [0.5, 0.6) is 0 Å². The second kappa shape index (κ2) is 8.49. The van der Waals surface area contributed by atoms with Crippen molar-refractivity contribution in [3.05, 3.63) is 43.8 Å². The van der Waals surface area contributed by atoms with Crippen molar-refractivity contribution in [2.24, 2.45) is 5.10 Å². The Balaban J connectivity index is 2.00. The molecule has 0 amide bonds. The molecule has 1 aromatic carbocycles. The smallest absolute Gasteiger partial charge is 0.311 e. The van der Waals surface area contributed by atoms with Crippen LogP contribution in [0.25, 0.3) is 0 Å². The molecule has 0 atom stereocenters. The van der Waals surface area contributed by atoms with Gasteiger partial charge in [-0.1, -0.05) is 34.8 Å². The summed E-state index contributed by atoms with van der Waals surface area (Å²) in [6.07, 6.45) is 1.59. The molecule has 23 heavy (non-hydrogen) atoms. The summed E-state index contributed by atoms with van der Waals surface area (Å²) >= 11 is 19.4. The Morgan fingerprint density at radius 1 is 1.39 bits per heavy atom. The Morgan fingerprint density at radius 3 is 2.87 bits per heavy atom. The van der Waals surface area contributed by atoms with E-state index >= 15 is 0 Å². The Bertz CT molecular complexity index is 734. The van der Waals surface area contributed by atoms with Gasteiger partial charge in [0.15, 0.2) is 0 Å². The normalized spacial score (nSPS) is 11.0. The molecule has 1 aromatic heterocycles. The summed E-state index contributed by atoms with van der Waals surface area (Å²) in [6, 6.07) is 3.25. The summed E-state index contributed by atoms with van der Waals surface area (Å²) in [5.41, 5.74) is 3.88. The van der Waals surface area contributed by atoms with Crippen molar-refractivity contribution in [1.82, 2.24) is 4.98 Å². The highest BCUT2D eigenvalue weighted by molar-refractivity contribution is 7.13. The van der Waals surface area contributed by atoms with Gasteiger partial charge in [0, 0.05) is 10.9 Å². The largest absolute Gasteiger partial charge is 0.466 e. The number of nitrogens with one attached hydrogen (secondary N) is 1. The number of hydrogen-bond donors (Lipinski definition) is 1. The lowest BCUT2D eigenvalue weighted by molar-refractivity contribution is -0.142. The highest BCUT2D eigenvalue weighted by Crippen LogP contribution is 2.30. The minimum Gasteiger partial charge on any atom is -0.466 e. The summed E-state index contributed by atoms with van der Waals surface area (Å²) in [7, 11) is 0. The van der Waals surface area contributed by atoms with Crippen LogP contribution in [0.4, 0.5) is 5.13 Å². The van der Waals surface area contributed by atoms with Crippen molar-refractivity contribution >= 4 is 63.5 Å². The number of carbonyl (C=O) groups is 1. The summed E-state index contributed by atoms with van der Waals surface area (Å²) in [4.78, 5) is 15.6. The van der Waals surface area contributed by atoms with Gasteiger partial charge >= 0.3 is 5.97 Å². The highest BCUT2D eigenvalue weighted by atomic mass is 35.5. The lowest BCUT2D eigenvalue weighted by Gasteiger charge is -2.03. The van der Waals surface area contributed by atoms with Gasteiger partial charge in [-0.05, 0) is 19.1 Å². The van der Waals surface area contributed by atoms with E-state index in [4.69, 9.17) is 39.5 Å². The molecule has 122 valence electrons. The highest BCUT2D eigenvalue weighted by Gasteiger charge is 2.09. The van der Waals surface area contributed by atoms with Gasteiger partial charge in [-0.15, -0.1) is 11.3 Å². The number of hydrazone groups is 1. The molecule has 5 nitrogen and oxygen atoms in total. The van der Waals surface area contributed by atoms with E-state index < -0.39 is 0 Å². The van der Waals surface area contributed by atoms with Gasteiger partial charge in [0.2, 0.25) is 5.13 Å². The van der Waals surface area contributed by atoms with Crippen LogP contribution in [-0.4, -0.2) is 23.8 Å². The lowest BCUT2D eigenvalue weighted by atomic mass is 10.2. The van der Waals surface area contributed by atoms with Crippen molar-refractivity contribution < 1.29 is 9.53 Å². The average molecular weight is 393 g/mol. The number of carbonyl (C=O) groups excluding carboxylic acids is 1. The van der Waals surface area contributed by atoms with Crippen LogP contribution in [0.2, 0.25) is 15.1 Å². The van der Waals surface area contributed by atoms with Crippen LogP contribution < -0.4 is 5.43 Å². The number of nitrogens with zero attached hydrogens (tertiary/aromatic N) is 2. The van der Waals surface area contributed by atoms with Crippen molar-refractivity contribution in [2.45, 2.75) is 13.3 Å². The van der Waals surface area contributed by atoms with Crippen LogP contribution in [0, 0.1) is 0 Å². The number of halogens is 3. The molecule has 0 saturated carbocycles. The fraction of sp³-hybridized carbons (Fsp3) is 0.214. The Morgan fingerprint density at radius 2 is 2.13 bits per heavy atom. The Kier molecular flexibility index (Phi) is 6.65. The molecular formula is C14H12Cl3N3O2S. The van der Waals surface area contributed by atoms with Gasteiger partial charge in [0.25, 0.3) is 0 Å². The molecule has 1 heterocycles. The Hall–Kier alpha value is -1.34. The monoisotopic (exact) mass is 391 g/mol. The number of rotatable bonds is 6. The zero-order chi connectivity index (χ0) is 16.8. The zero-order valence-electron chi connectivity index (χ0n) is 12.0. The van der Waals surface area contributed by atoms with Gasteiger partial charge in [-0.2, -0.15) is 5.10 Å². The first-order chi connectivity index (χ1) is 11.0. The third kappa shape index (κ3) is 5.07. The Labute approximate surface area is 152 Å². The van der Waals surface area contributed by atoms with E-state index in [-0.39, 0.29) is 12.4 Å². The van der Waals surface area contributed by atoms with Crippen LogP contribution in [-0.2, 0) is 16.0 Å². The first-order valence-corrected chi connectivity index (χ1v) is 8.55. The summed E-state index contributed by atoms with van der Waals surface area (Å²) in [6.45, 7) is 2.10. The average Bonchev–Trinajstić information content (AvgIpc) is 2.94. The van der Waals surface area contributed by atoms with Gasteiger partial charge in [-0.3, -0.25) is 10.2 Å². The minimum absolute atomic E-state index is 0.127. The van der Waals surface area contributed by atoms with Gasteiger partial charge in [0.05, 0.1) is 40.0 Å². The third-order valence-corrected chi connectivity index (χ3v) is 4.56. The molecule has 0 radical (unpaired) electrons. The van der Waals surface area contributed by atoms with Crippen molar-refractivity contribution in [2.75, 3.05) is 12.0 Å². The molecule has 0 bridgehead atoms. The number of anilines is 1. The molecule has 0 aliphatic rings. The van der Waals surface area contributed by atoms with Gasteiger partial charge < -0.3 is 4.74 Å². The molecule has 2 rings (SSSR count). The van der Waals surface area contributed by atoms with Crippen LogP contribution in [0.15, 0.2) is 22.6 Å². The van der Waals surface area contributed by atoms with E-state index in [1.807, 2.05) is 0 Å². The van der Waals surface area contributed by atoms with E-state index in [0.29, 0.717) is 38.1 Å². The summed E-state index contributed by atoms with van der Waals surface area (Å²) in [5.74, 6) is -0.314. The number of thiazole rings is 1. The minimum atomic E-state index is -0.314. The van der Waals surface area contributed by atoms with Gasteiger partial charge in [0.1, 0.15) is 0 Å². The topological polar surface area (TPSA) is 63.6 Å². The maximum atomic E-state index is 11.4. The molecule has 0 unspecified atom stereocenters. The fourth-order valence-electron chi connectivity index (χ4n) is 1.61. The molecule has 9 heteroatoms. The molecule has 0 aliphatic heterocycles. The van der Waals surface area contributed by atoms with Crippen molar-refractivity contribution in [1.29, 1.82) is 0 Å². The van der Waals surface area contributed by atoms with Crippen LogP contribution in [0.3, 0.4) is 0 Å². The van der Waals surface area contributed by atoms with Crippen molar-refractivity contribution in [3.63, 3.8) is 0 Å². The quantitative estimate of drug-likeness (QED) is 0.336. The molecule has 0 spiro atoms. The second-order valence-electron chi connectivity index (χ2n) is 4.25. The zero-order valence-corrected chi connectivity index (χ0v) is 15.1. The fourth-order valence-corrected chi connectivity index (χ4v) is 2.90. The molecule has 1 N–H and O–H groups in total. The van der Waals surface area contributed by atoms with E-state index in [9.17, 15) is 4.79 Å². The number of ether oxygens (including phenoxy) is 1. The molecule has 2 aromatic rings. The number of esters is 1. The second-order valence-corrected chi connectivity index (χ2v) is 6.30. The number of hydrogen-bond acceptors (Lipinski definition) is 6. The number of aromatic nitrogens is 1. The first kappa shape index (κ1) is 18.0. The summed E-state index contributed by atoms with van der Waals surface area (Å²) in [5, 5.41) is 7.48. The predicted molar refractivity (Wildman–Crippen MR) is 95.1 cm³/mol. The maximum Gasteiger partial charge on any atom is 0.311 e. The SMILES string of the molecule is CCOC(=O)Cc1csc(NN=Cc2c(Cl)ccc(Cl)c2Cl)n1. The molecule has 0 fully saturated rings. The predicted octanol–water partition coefficient (Wildman–Crippen LogP) is 4.65. The van der Waals surface area contributed by atoms with Crippen LogP contribution >= 0.6 is 46.1 Å². The van der Waals surface area contributed by atoms with E-state index in [0.717, 1.165) is 0 Å². The molecule has 0 saturated heterocycles. The van der Waals surface area contributed by atoms with E-state index in [2.05, 4.69) is 15.5 Å². The van der Waals surface area contributed by atoms with Crippen LogP contribution in [0.1, 0.15) is 18.2 Å². The molecular weight excluding hydrogens is 381 g/mol. The van der Waals surface area contributed by atoms with Crippen molar-refractivity contribution in [3.8, 4) is 0 Å². The first-order valence-electron chi connectivity index (χ1n) is 6.53. The molecule has 0 aliphatic carbocycles. The van der Waals surface area contributed by atoms with E-state index in [1.54, 1.807) is 24.4 Å².